The molecule has 3 rings (SSSR count). The first-order valence-electron chi connectivity index (χ1n) is 8.42. The Kier molecular flexibility index (Phi) is 4.83. The lowest BCUT2D eigenvalue weighted by Gasteiger charge is -2.30. The average molecular weight is 343 g/mol. The van der Waals surface area contributed by atoms with Crippen molar-refractivity contribution in [1.29, 1.82) is 0 Å². The number of esters is 1. The number of methoxy groups -OCH3 is 1. The van der Waals surface area contributed by atoms with Gasteiger partial charge >= 0.3 is 5.97 Å². The molecule has 1 amide bonds. The average Bonchev–Trinajstić information content (AvgIpc) is 2.66. The van der Waals surface area contributed by atoms with Crippen molar-refractivity contribution in [3.05, 3.63) is 40.3 Å². The van der Waals surface area contributed by atoms with Crippen molar-refractivity contribution in [3.63, 3.8) is 0 Å². The van der Waals surface area contributed by atoms with Crippen molar-refractivity contribution in [3.8, 4) is 0 Å². The van der Waals surface area contributed by atoms with Crippen LogP contribution in [0.2, 0.25) is 0 Å². The van der Waals surface area contributed by atoms with Crippen molar-refractivity contribution in [2.75, 3.05) is 20.2 Å². The van der Waals surface area contributed by atoms with Gasteiger partial charge in [0.15, 0.2) is 0 Å². The van der Waals surface area contributed by atoms with Crippen LogP contribution < -0.4 is 5.56 Å². The SMILES string of the molecule is CCn1c(=O)c(C(=O)N2CCC(C(=O)OC)CC2)cc2cccnc21. The summed E-state index contributed by atoms with van der Waals surface area (Å²) in [6, 6.07) is 5.24. The molecule has 25 heavy (non-hydrogen) atoms. The molecule has 3 heterocycles. The first kappa shape index (κ1) is 17.1. The van der Waals surface area contributed by atoms with E-state index in [9.17, 15) is 14.4 Å². The van der Waals surface area contributed by atoms with Crippen molar-refractivity contribution in [1.82, 2.24) is 14.5 Å². The number of hydrogen-bond acceptors (Lipinski definition) is 5. The number of amides is 1. The van der Waals surface area contributed by atoms with Crippen LogP contribution in [0, 0.1) is 5.92 Å². The Hall–Kier alpha value is -2.70. The van der Waals surface area contributed by atoms with Gasteiger partial charge < -0.3 is 9.64 Å². The summed E-state index contributed by atoms with van der Waals surface area (Å²) in [5.41, 5.74) is 0.406. The molecule has 0 spiro atoms. The second-order valence-electron chi connectivity index (χ2n) is 6.11. The van der Waals surface area contributed by atoms with Crippen LogP contribution in [0.15, 0.2) is 29.2 Å². The Morgan fingerprint density at radius 3 is 2.68 bits per heavy atom. The maximum absolute atomic E-state index is 12.9. The topological polar surface area (TPSA) is 81.5 Å². The lowest BCUT2D eigenvalue weighted by atomic mass is 9.96. The minimum atomic E-state index is -0.325. The molecular formula is C18H21N3O4. The summed E-state index contributed by atoms with van der Waals surface area (Å²) in [5.74, 6) is -0.708. The van der Waals surface area contributed by atoms with Gasteiger partial charge in [-0.05, 0) is 38.0 Å². The van der Waals surface area contributed by atoms with E-state index >= 15 is 0 Å². The van der Waals surface area contributed by atoms with Gasteiger partial charge in [0.05, 0.1) is 13.0 Å². The molecule has 0 atom stereocenters. The number of piperidine rings is 1. The minimum absolute atomic E-state index is 0.152. The number of fused-ring (bicyclic) bond motifs is 1. The number of nitrogens with zero attached hydrogens (tertiary/aromatic N) is 3. The van der Waals surface area contributed by atoms with E-state index in [4.69, 9.17) is 4.74 Å². The number of rotatable bonds is 3. The third kappa shape index (κ3) is 3.14. The highest BCUT2D eigenvalue weighted by Crippen LogP contribution is 2.20. The maximum Gasteiger partial charge on any atom is 0.308 e. The molecule has 0 aliphatic carbocycles. The van der Waals surface area contributed by atoms with Gasteiger partial charge in [-0.3, -0.25) is 19.0 Å². The summed E-state index contributed by atoms with van der Waals surface area (Å²) in [6.45, 7) is 3.17. The second-order valence-corrected chi connectivity index (χ2v) is 6.11. The van der Waals surface area contributed by atoms with E-state index in [0.29, 0.717) is 38.1 Å². The fraction of sp³-hybridized carbons (Fsp3) is 0.444. The van der Waals surface area contributed by atoms with Crippen molar-refractivity contribution in [2.24, 2.45) is 5.92 Å². The minimum Gasteiger partial charge on any atom is -0.469 e. The number of pyridine rings is 2. The fourth-order valence-corrected chi connectivity index (χ4v) is 3.31. The predicted molar refractivity (Wildman–Crippen MR) is 92.3 cm³/mol. The van der Waals surface area contributed by atoms with Gasteiger partial charge in [0, 0.05) is 31.2 Å². The largest absolute Gasteiger partial charge is 0.469 e. The van der Waals surface area contributed by atoms with Crippen LogP contribution in [-0.2, 0) is 16.1 Å². The smallest absolute Gasteiger partial charge is 0.308 e. The number of aromatic nitrogens is 2. The van der Waals surface area contributed by atoms with Crippen LogP contribution >= 0.6 is 0 Å². The van der Waals surface area contributed by atoms with E-state index in [1.807, 2.05) is 13.0 Å². The molecule has 1 aliphatic rings. The Morgan fingerprint density at radius 2 is 2.04 bits per heavy atom. The summed E-state index contributed by atoms with van der Waals surface area (Å²) < 4.78 is 6.28. The molecule has 0 unspecified atom stereocenters. The van der Waals surface area contributed by atoms with Crippen LogP contribution in [0.4, 0.5) is 0 Å². The number of ether oxygens (including phenoxy) is 1. The fourth-order valence-electron chi connectivity index (χ4n) is 3.31. The molecule has 7 nitrogen and oxygen atoms in total. The van der Waals surface area contributed by atoms with E-state index in [0.717, 1.165) is 5.39 Å². The van der Waals surface area contributed by atoms with E-state index in [2.05, 4.69) is 4.98 Å². The highest BCUT2D eigenvalue weighted by atomic mass is 16.5. The first-order valence-corrected chi connectivity index (χ1v) is 8.42. The molecule has 0 saturated carbocycles. The molecule has 132 valence electrons. The molecule has 0 radical (unpaired) electrons. The summed E-state index contributed by atoms with van der Waals surface area (Å²) in [5, 5.41) is 0.761. The van der Waals surface area contributed by atoms with Gasteiger partial charge in [-0.2, -0.15) is 0 Å². The third-order valence-electron chi connectivity index (χ3n) is 4.71. The highest BCUT2D eigenvalue weighted by Gasteiger charge is 2.29. The number of carbonyl (C=O) groups excluding carboxylic acids is 2. The van der Waals surface area contributed by atoms with Gasteiger partial charge in [0.1, 0.15) is 11.2 Å². The molecule has 7 heteroatoms. The highest BCUT2D eigenvalue weighted by molar-refractivity contribution is 5.97. The van der Waals surface area contributed by atoms with Crippen LogP contribution in [0.5, 0.6) is 0 Å². The van der Waals surface area contributed by atoms with E-state index < -0.39 is 0 Å². The lowest BCUT2D eigenvalue weighted by Crippen LogP contribution is -2.43. The third-order valence-corrected chi connectivity index (χ3v) is 4.71. The second kappa shape index (κ2) is 7.04. The Balaban J connectivity index is 1.90. The van der Waals surface area contributed by atoms with Gasteiger partial charge in [0.2, 0.25) is 0 Å². The van der Waals surface area contributed by atoms with Crippen molar-refractivity contribution < 1.29 is 14.3 Å². The molecular weight excluding hydrogens is 322 g/mol. The molecule has 0 bridgehead atoms. The van der Waals surface area contributed by atoms with Gasteiger partial charge in [-0.25, -0.2) is 4.98 Å². The predicted octanol–water partition coefficient (Wildman–Crippen LogP) is 1.44. The number of likely N-dealkylation sites (tertiary alicyclic amines) is 1. The lowest BCUT2D eigenvalue weighted by molar-refractivity contribution is -0.146. The zero-order valence-corrected chi connectivity index (χ0v) is 14.4. The molecule has 0 N–H and O–H groups in total. The van der Waals surface area contributed by atoms with Crippen LogP contribution in [0.1, 0.15) is 30.1 Å². The standard InChI is InChI=1S/C18H21N3O4/c1-3-21-15-13(5-4-8-19-15)11-14(17(21)23)16(22)20-9-6-12(7-10-20)18(24)25-2/h4-5,8,11-12H,3,6-7,9-10H2,1-2H3. The molecule has 1 saturated heterocycles. The zero-order chi connectivity index (χ0) is 18.0. The Bertz CT molecular complexity index is 866. The van der Waals surface area contributed by atoms with Gasteiger partial charge in [-0.1, -0.05) is 0 Å². The quantitative estimate of drug-likeness (QED) is 0.788. The normalized spacial score (nSPS) is 15.4. The number of hydrogen-bond donors (Lipinski definition) is 0. The van der Waals surface area contributed by atoms with Crippen molar-refractivity contribution in [2.45, 2.75) is 26.3 Å². The maximum atomic E-state index is 12.9. The Labute approximate surface area is 145 Å². The molecule has 1 fully saturated rings. The Morgan fingerprint density at radius 1 is 1.32 bits per heavy atom. The molecule has 2 aromatic heterocycles. The first-order chi connectivity index (χ1) is 12.1. The number of aryl methyl sites for hydroxylation is 1. The summed E-state index contributed by atoms with van der Waals surface area (Å²) in [4.78, 5) is 43.1. The number of carbonyl (C=O) groups is 2. The van der Waals surface area contributed by atoms with Gasteiger partial charge in [0.25, 0.3) is 11.5 Å². The summed E-state index contributed by atoms with van der Waals surface area (Å²) in [7, 11) is 1.37. The van der Waals surface area contributed by atoms with Crippen LogP contribution in [0.3, 0.4) is 0 Å². The molecule has 0 aromatic carbocycles. The van der Waals surface area contributed by atoms with Gasteiger partial charge in [-0.15, -0.1) is 0 Å². The summed E-state index contributed by atoms with van der Waals surface area (Å²) >= 11 is 0. The van der Waals surface area contributed by atoms with Crippen LogP contribution in [0.25, 0.3) is 11.0 Å². The monoisotopic (exact) mass is 343 g/mol. The van der Waals surface area contributed by atoms with E-state index in [-0.39, 0.29) is 28.9 Å². The van der Waals surface area contributed by atoms with E-state index in [1.165, 1.54) is 11.7 Å². The zero-order valence-electron chi connectivity index (χ0n) is 14.4. The molecule has 1 aliphatic heterocycles. The molecule has 2 aromatic rings. The summed E-state index contributed by atoms with van der Waals surface area (Å²) in [6.07, 6.45) is 2.73. The van der Waals surface area contributed by atoms with Crippen molar-refractivity contribution >= 4 is 22.9 Å². The van der Waals surface area contributed by atoms with E-state index in [1.54, 1.807) is 23.2 Å². The van der Waals surface area contributed by atoms with Crippen LogP contribution in [-0.4, -0.2) is 46.5 Å².